The summed E-state index contributed by atoms with van der Waals surface area (Å²) in [5.41, 5.74) is 5.35. The van der Waals surface area contributed by atoms with E-state index >= 15 is 0 Å². The van der Waals surface area contributed by atoms with Crippen LogP contribution in [0.5, 0.6) is 0 Å². The van der Waals surface area contributed by atoms with Crippen molar-refractivity contribution < 1.29 is 9.90 Å². The second kappa shape index (κ2) is 10.1. The van der Waals surface area contributed by atoms with Crippen molar-refractivity contribution in [3.05, 3.63) is 88.8 Å². The van der Waals surface area contributed by atoms with Crippen molar-refractivity contribution in [2.24, 2.45) is 11.8 Å². The molecule has 0 amide bonds. The van der Waals surface area contributed by atoms with Crippen LogP contribution in [0.2, 0.25) is 0 Å². The second-order valence-electron chi connectivity index (χ2n) is 12.5. The van der Waals surface area contributed by atoms with Gasteiger partial charge in [-0.2, -0.15) is 5.26 Å². The van der Waals surface area contributed by atoms with Gasteiger partial charge < -0.3 is 10.0 Å². The fourth-order valence-corrected chi connectivity index (χ4v) is 14.7. The minimum atomic E-state index is -1.19. The Balaban J connectivity index is 0.946. The number of anilines is 2. The lowest BCUT2D eigenvalue weighted by molar-refractivity contribution is -0.132. The molecular formula is C37H24N2O2S5. The fraction of sp³-hybridized carbons (Fsp3) is 0.189. The summed E-state index contributed by atoms with van der Waals surface area (Å²) in [6.45, 7) is 0. The first-order chi connectivity index (χ1) is 22.5. The minimum Gasteiger partial charge on any atom is -0.477 e. The van der Waals surface area contributed by atoms with Crippen molar-refractivity contribution >= 4 is 108 Å². The summed E-state index contributed by atoms with van der Waals surface area (Å²) in [6.07, 6.45) is 5.62. The monoisotopic (exact) mass is 688 g/mol. The molecule has 46 heavy (non-hydrogen) atoms. The highest BCUT2D eigenvalue weighted by atomic mass is 32.1. The van der Waals surface area contributed by atoms with Crippen LogP contribution >= 0.6 is 56.7 Å². The summed E-state index contributed by atoms with van der Waals surface area (Å²) >= 11 is 8.88. The molecule has 2 saturated carbocycles. The van der Waals surface area contributed by atoms with Gasteiger partial charge in [0.25, 0.3) is 0 Å². The quantitative estimate of drug-likeness (QED) is 0.144. The lowest BCUT2D eigenvalue weighted by atomic mass is 9.82. The van der Waals surface area contributed by atoms with Crippen molar-refractivity contribution in [2.75, 3.05) is 4.90 Å². The van der Waals surface area contributed by atoms with E-state index in [1.165, 1.54) is 87.0 Å². The van der Waals surface area contributed by atoms with Crippen molar-refractivity contribution in [2.45, 2.75) is 31.2 Å². The molecule has 2 bridgehead atoms. The molecule has 1 N–H and O–H groups in total. The smallest absolute Gasteiger partial charge is 0.346 e. The van der Waals surface area contributed by atoms with Crippen molar-refractivity contribution in [3.8, 4) is 26.3 Å². The number of para-hydroxylation sites is 1. The van der Waals surface area contributed by atoms with Gasteiger partial charge in [0.05, 0.1) is 9.40 Å². The van der Waals surface area contributed by atoms with E-state index in [4.69, 9.17) is 5.26 Å². The molecule has 3 aliphatic rings. The van der Waals surface area contributed by atoms with E-state index in [0.29, 0.717) is 12.0 Å². The van der Waals surface area contributed by atoms with Gasteiger partial charge in [-0.3, -0.25) is 0 Å². The highest BCUT2D eigenvalue weighted by Crippen LogP contribution is 2.62. The van der Waals surface area contributed by atoms with Crippen LogP contribution in [0, 0.1) is 23.2 Å². The lowest BCUT2D eigenvalue weighted by Gasteiger charge is -2.33. The molecule has 9 heteroatoms. The number of thiophene rings is 5. The van der Waals surface area contributed by atoms with Crippen molar-refractivity contribution in [3.63, 3.8) is 0 Å². The molecule has 0 radical (unpaired) electrons. The molecule has 4 unspecified atom stereocenters. The highest BCUT2D eigenvalue weighted by molar-refractivity contribution is 7.41. The van der Waals surface area contributed by atoms with Gasteiger partial charge in [0.2, 0.25) is 0 Å². The van der Waals surface area contributed by atoms with Gasteiger partial charge in [-0.05, 0) is 90.8 Å². The van der Waals surface area contributed by atoms with Gasteiger partial charge in [-0.25, -0.2) is 4.79 Å². The Kier molecular flexibility index (Phi) is 6.01. The van der Waals surface area contributed by atoms with E-state index < -0.39 is 5.97 Å². The Morgan fingerprint density at radius 3 is 2.28 bits per heavy atom. The third kappa shape index (κ3) is 4.01. The molecule has 10 rings (SSSR count). The molecule has 0 saturated heterocycles. The van der Waals surface area contributed by atoms with E-state index in [9.17, 15) is 9.90 Å². The Hall–Kier alpha value is -3.78. The third-order valence-electron chi connectivity index (χ3n) is 10.1. The van der Waals surface area contributed by atoms with Gasteiger partial charge in [0.1, 0.15) is 11.6 Å². The molecule has 5 aromatic heterocycles. The lowest BCUT2D eigenvalue weighted by Crippen LogP contribution is -2.35. The molecule has 6 heterocycles. The molecule has 224 valence electrons. The number of hydrogen-bond donors (Lipinski definition) is 1. The fourth-order valence-electron chi connectivity index (χ4n) is 8.25. The normalized spacial score (nSPS) is 21.9. The maximum atomic E-state index is 11.2. The number of benzene rings is 2. The van der Waals surface area contributed by atoms with Gasteiger partial charge in [0.15, 0.2) is 0 Å². The van der Waals surface area contributed by atoms with Crippen LogP contribution in [0.1, 0.15) is 35.6 Å². The van der Waals surface area contributed by atoms with Crippen LogP contribution in [0.3, 0.4) is 0 Å². The molecule has 2 aliphatic carbocycles. The van der Waals surface area contributed by atoms with Gasteiger partial charge in [-0.15, -0.1) is 56.7 Å². The average molecular weight is 689 g/mol. The number of aliphatic carboxylic acids is 1. The van der Waals surface area contributed by atoms with E-state index in [-0.39, 0.29) is 5.57 Å². The Bertz CT molecular complexity index is 2410. The van der Waals surface area contributed by atoms with Gasteiger partial charge >= 0.3 is 5.97 Å². The summed E-state index contributed by atoms with van der Waals surface area (Å²) in [5.74, 6) is 1.16. The molecule has 2 fully saturated rings. The highest BCUT2D eigenvalue weighted by Gasteiger charge is 2.55. The summed E-state index contributed by atoms with van der Waals surface area (Å²) in [6, 6.07) is 29.7. The molecule has 7 aromatic rings. The van der Waals surface area contributed by atoms with Crippen molar-refractivity contribution in [1.82, 2.24) is 0 Å². The summed E-state index contributed by atoms with van der Waals surface area (Å²) in [7, 11) is 0. The third-order valence-corrected chi connectivity index (χ3v) is 16.3. The average Bonchev–Trinajstić information content (AvgIpc) is 3.89. The van der Waals surface area contributed by atoms with Crippen molar-refractivity contribution in [1.29, 1.82) is 5.26 Å². The molecule has 2 aromatic carbocycles. The Labute approximate surface area is 284 Å². The molecule has 0 spiro atoms. The number of carbonyl (C=O) groups is 1. The van der Waals surface area contributed by atoms with E-state index in [2.05, 4.69) is 71.6 Å². The number of fused-ring (bicyclic) bond motifs is 11. The molecule has 4 nitrogen and oxygen atoms in total. The zero-order valence-corrected chi connectivity index (χ0v) is 28.3. The van der Waals surface area contributed by atoms with Crippen LogP contribution in [0.4, 0.5) is 11.4 Å². The first kappa shape index (κ1) is 27.3. The van der Waals surface area contributed by atoms with E-state index in [0.717, 1.165) is 26.1 Å². The standard InChI is InChI=1S/C37H24N2O2S5/c38-17-21(37(40)41)12-23-13-27-28(42-23)15-29(43-27)30-16-32-36(46-30)35-31(44-32)14-26(45-35)18-7-9-22(10-8-18)39-25-4-2-1-3-24(25)33-19-5-6-20(11-19)34(33)39/h1-4,7-10,12-16,19-20,33-34H,5-6,11H2,(H,40,41)/b21-12+. The first-order valence-electron chi connectivity index (χ1n) is 15.4. The van der Waals surface area contributed by atoms with Crippen LogP contribution in [-0.2, 0) is 4.79 Å². The van der Waals surface area contributed by atoms with Crippen LogP contribution in [0.15, 0.2) is 78.4 Å². The number of carboxylic acid groups (broad SMARTS) is 1. The number of rotatable bonds is 5. The maximum Gasteiger partial charge on any atom is 0.346 e. The first-order valence-corrected chi connectivity index (χ1v) is 19.4. The second-order valence-corrected chi connectivity index (χ2v) is 17.9. The Morgan fingerprint density at radius 2 is 1.50 bits per heavy atom. The maximum absolute atomic E-state index is 11.2. The predicted octanol–water partition coefficient (Wildman–Crippen LogP) is 11.8. The predicted molar refractivity (Wildman–Crippen MR) is 196 cm³/mol. The molecule has 4 atom stereocenters. The minimum absolute atomic E-state index is 0.242. The van der Waals surface area contributed by atoms with Gasteiger partial charge in [0, 0.05) is 61.6 Å². The Morgan fingerprint density at radius 1 is 0.804 bits per heavy atom. The number of nitriles is 1. The van der Waals surface area contributed by atoms with E-state index in [1.807, 2.05) is 40.1 Å². The zero-order chi connectivity index (χ0) is 30.7. The van der Waals surface area contributed by atoms with Crippen LogP contribution in [-0.4, -0.2) is 17.1 Å². The summed E-state index contributed by atoms with van der Waals surface area (Å²) in [5, 5.41) is 18.3. The van der Waals surface area contributed by atoms with Crippen LogP contribution in [0.25, 0.3) is 54.5 Å². The van der Waals surface area contributed by atoms with Crippen LogP contribution < -0.4 is 4.90 Å². The number of carboxylic acids is 1. The van der Waals surface area contributed by atoms with E-state index in [1.54, 1.807) is 23.0 Å². The topological polar surface area (TPSA) is 64.3 Å². The number of hydrogen-bond acceptors (Lipinski definition) is 8. The zero-order valence-electron chi connectivity index (χ0n) is 24.2. The molecular weight excluding hydrogens is 665 g/mol. The SMILES string of the molecule is N#C/C(=C\c1cc2sc(-c3cc4sc5cc(-c6ccc(N7c8ccccc8C8C9CCC(C9)C87)cc6)sc5c4s3)cc2s1)C(=O)O. The summed E-state index contributed by atoms with van der Waals surface area (Å²) < 4.78 is 7.65. The summed E-state index contributed by atoms with van der Waals surface area (Å²) in [4.78, 5) is 18.5. The van der Waals surface area contributed by atoms with Gasteiger partial charge in [-0.1, -0.05) is 30.3 Å². The largest absolute Gasteiger partial charge is 0.477 e. The molecule has 1 aliphatic heterocycles. The number of nitrogens with zero attached hydrogens (tertiary/aromatic N) is 2.